The molecule has 2 aromatic heterocycles. The first-order valence-corrected chi connectivity index (χ1v) is 8.56. The van der Waals surface area contributed by atoms with Crippen molar-refractivity contribution in [3.8, 4) is 0 Å². The molecule has 1 saturated heterocycles. The second-order valence-electron chi connectivity index (χ2n) is 6.40. The molecule has 1 unspecified atom stereocenters. The Labute approximate surface area is 147 Å². The Bertz CT molecular complexity index is 753. The van der Waals surface area contributed by atoms with Crippen LogP contribution in [0.3, 0.4) is 0 Å². The number of carbonyl (C=O) groups is 2. The van der Waals surface area contributed by atoms with E-state index in [0.29, 0.717) is 17.8 Å². The van der Waals surface area contributed by atoms with Crippen LogP contribution in [0.15, 0.2) is 30.7 Å². The summed E-state index contributed by atoms with van der Waals surface area (Å²) in [6.45, 7) is 3.44. The molecule has 2 aromatic rings. The third kappa shape index (κ3) is 3.87. The van der Waals surface area contributed by atoms with E-state index < -0.39 is 0 Å². The minimum Gasteiger partial charge on any atom is -0.354 e. The van der Waals surface area contributed by atoms with E-state index in [1.807, 2.05) is 28.9 Å². The predicted octanol–water partition coefficient (Wildman–Crippen LogP) is 1.64. The van der Waals surface area contributed by atoms with Gasteiger partial charge in [0.25, 0.3) is 11.8 Å². The van der Waals surface area contributed by atoms with Crippen molar-refractivity contribution in [2.45, 2.75) is 38.8 Å². The number of carbonyl (C=O) groups excluding carboxylic acids is 2. The fourth-order valence-electron chi connectivity index (χ4n) is 3.19. The molecule has 1 atom stereocenters. The van der Waals surface area contributed by atoms with Crippen molar-refractivity contribution in [2.75, 3.05) is 13.6 Å². The van der Waals surface area contributed by atoms with Gasteiger partial charge in [-0.25, -0.2) is 0 Å². The van der Waals surface area contributed by atoms with E-state index in [9.17, 15) is 9.59 Å². The summed E-state index contributed by atoms with van der Waals surface area (Å²) in [5.41, 5.74) is 1.93. The molecule has 3 heterocycles. The molecule has 0 spiro atoms. The Morgan fingerprint density at radius 3 is 2.76 bits per heavy atom. The second-order valence-corrected chi connectivity index (χ2v) is 6.40. The van der Waals surface area contributed by atoms with Crippen molar-refractivity contribution in [3.05, 3.63) is 47.5 Å². The van der Waals surface area contributed by atoms with Gasteiger partial charge in [-0.2, -0.15) is 5.10 Å². The highest BCUT2D eigenvalue weighted by molar-refractivity contribution is 5.96. The molecule has 0 aliphatic carbocycles. The van der Waals surface area contributed by atoms with Crippen LogP contribution in [0.25, 0.3) is 0 Å². The van der Waals surface area contributed by atoms with Crippen LogP contribution < -0.4 is 5.32 Å². The normalized spacial score (nSPS) is 17.4. The van der Waals surface area contributed by atoms with E-state index in [2.05, 4.69) is 15.4 Å². The molecule has 0 bridgehead atoms. The first kappa shape index (κ1) is 17.1. The van der Waals surface area contributed by atoms with Crippen molar-refractivity contribution < 1.29 is 9.59 Å². The van der Waals surface area contributed by atoms with Crippen LogP contribution in [0.2, 0.25) is 0 Å². The van der Waals surface area contributed by atoms with Gasteiger partial charge in [-0.3, -0.25) is 19.3 Å². The zero-order valence-corrected chi connectivity index (χ0v) is 14.6. The lowest BCUT2D eigenvalue weighted by atomic mass is 10.0. The third-order valence-electron chi connectivity index (χ3n) is 4.52. The number of hydrogen-bond donors (Lipinski definition) is 1. The van der Waals surface area contributed by atoms with Gasteiger partial charge in [0.1, 0.15) is 5.69 Å². The van der Waals surface area contributed by atoms with E-state index >= 15 is 0 Å². The molecule has 1 aliphatic rings. The number of rotatable bonds is 4. The van der Waals surface area contributed by atoms with Crippen molar-refractivity contribution >= 4 is 11.8 Å². The fourth-order valence-corrected chi connectivity index (χ4v) is 3.19. The number of piperidine rings is 1. The van der Waals surface area contributed by atoms with Gasteiger partial charge < -0.3 is 10.2 Å². The lowest BCUT2D eigenvalue weighted by molar-refractivity contribution is 0.0583. The minimum atomic E-state index is -0.260. The van der Waals surface area contributed by atoms with Crippen LogP contribution in [0.4, 0.5) is 0 Å². The van der Waals surface area contributed by atoms with E-state index in [0.717, 1.165) is 31.4 Å². The molecule has 132 valence electrons. The Hall–Kier alpha value is -2.70. The predicted molar refractivity (Wildman–Crippen MR) is 93.3 cm³/mol. The van der Waals surface area contributed by atoms with Crippen molar-refractivity contribution in [2.24, 2.45) is 0 Å². The van der Waals surface area contributed by atoms with Gasteiger partial charge in [-0.15, -0.1) is 0 Å². The molecule has 1 N–H and O–H groups in total. The molecule has 0 aromatic carbocycles. The molecular formula is C18H23N5O2. The van der Waals surface area contributed by atoms with Crippen molar-refractivity contribution in [3.63, 3.8) is 0 Å². The highest BCUT2D eigenvalue weighted by Crippen LogP contribution is 2.21. The number of likely N-dealkylation sites (tertiary alicyclic amines) is 1. The summed E-state index contributed by atoms with van der Waals surface area (Å²) in [5.74, 6) is -0.298. The van der Waals surface area contributed by atoms with Crippen LogP contribution in [-0.4, -0.2) is 51.1 Å². The average Bonchev–Trinajstić information content (AvgIpc) is 3.06. The summed E-state index contributed by atoms with van der Waals surface area (Å²) in [7, 11) is 1.55. The van der Waals surface area contributed by atoms with E-state index in [4.69, 9.17) is 0 Å². The maximum atomic E-state index is 12.9. The number of hydrogen-bond acceptors (Lipinski definition) is 4. The van der Waals surface area contributed by atoms with Crippen molar-refractivity contribution in [1.82, 2.24) is 25.0 Å². The van der Waals surface area contributed by atoms with E-state index in [1.54, 1.807) is 19.2 Å². The molecular weight excluding hydrogens is 318 g/mol. The Morgan fingerprint density at radius 1 is 1.28 bits per heavy atom. The largest absolute Gasteiger partial charge is 0.354 e. The zero-order valence-electron chi connectivity index (χ0n) is 14.6. The zero-order chi connectivity index (χ0) is 17.8. The average molecular weight is 341 g/mol. The molecule has 3 rings (SSSR count). The number of aryl methyl sites for hydroxylation is 1. The first-order valence-electron chi connectivity index (χ1n) is 8.56. The number of pyridine rings is 1. The SMILES string of the molecule is CNC(=O)c1ccc(C(=O)N2CCCCC2Cn2cc(C)cn2)cn1. The van der Waals surface area contributed by atoms with Gasteiger partial charge in [0.05, 0.1) is 24.3 Å². The summed E-state index contributed by atoms with van der Waals surface area (Å²) in [5, 5.41) is 6.86. The molecule has 2 amide bonds. The minimum absolute atomic E-state index is 0.0375. The number of amides is 2. The lowest BCUT2D eigenvalue weighted by Crippen LogP contribution is -2.46. The molecule has 25 heavy (non-hydrogen) atoms. The standard InChI is InChI=1S/C18H23N5O2/c1-13-9-21-22(11-13)12-15-5-3-4-8-23(15)18(25)14-6-7-16(20-10-14)17(24)19-2/h6-7,9-11,15H,3-5,8,12H2,1-2H3,(H,19,24). The smallest absolute Gasteiger partial charge is 0.269 e. The van der Waals surface area contributed by atoms with Crippen molar-refractivity contribution in [1.29, 1.82) is 0 Å². The van der Waals surface area contributed by atoms with Crippen LogP contribution in [-0.2, 0) is 6.54 Å². The summed E-state index contributed by atoms with van der Waals surface area (Å²) in [6, 6.07) is 3.38. The summed E-state index contributed by atoms with van der Waals surface area (Å²) in [4.78, 5) is 30.5. The quantitative estimate of drug-likeness (QED) is 0.917. The molecule has 1 fully saturated rings. The summed E-state index contributed by atoms with van der Waals surface area (Å²) >= 11 is 0. The van der Waals surface area contributed by atoms with Gasteiger partial charge in [0, 0.05) is 26.0 Å². The maximum absolute atomic E-state index is 12.9. The Morgan fingerprint density at radius 2 is 2.12 bits per heavy atom. The summed E-state index contributed by atoms with van der Waals surface area (Å²) in [6.07, 6.45) is 8.39. The van der Waals surface area contributed by atoms with Gasteiger partial charge in [-0.05, 0) is 43.9 Å². The number of aromatic nitrogens is 3. The van der Waals surface area contributed by atoms with Gasteiger partial charge in [-0.1, -0.05) is 0 Å². The van der Waals surface area contributed by atoms with E-state index in [1.165, 1.54) is 6.20 Å². The third-order valence-corrected chi connectivity index (χ3v) is 4.52. The van der Waals surface area contributed by atoms with Crippen LogP contribution in [0, 0.1) is 6.92 Å². The second kappa shape index (κ2) is 7.46. The topological polar surface area (TPSA) is 80.1 Å². The Kier molecular flexibility index (Phi) is 5.11. The van der Waals surface area contributed by atoms with Crippen LogP contribution >= 0.6 is 0 Å². The fraction of sp³-hybridized carbons (Fsp3) is 0.444. The molecule has 1 aliphatic heterocycles. The van der Waals surface area contributed by atoms with E-state index in [-0.39, 0.29) is 17.9 Å². The van der Waals surface area contributed by atoms with Gasteiger partial charge in [0.2, 0.25) is 0 Å². The lowest BCUT2D eigenvalue weighted by Gasteiger charge is -2.35. The Balaban J connectivity index is 1.75. The molecule has 7 nitrogen and oxygen atoms in total. The summed E-state index contributed by atoms with van der Waals surface area (Å²) < 4.78 is 1.90. The highest BCUT2D eigenvalue weighted by Gasteiger charge is 2.28. The van der Waals surface area contributed by atoms with Gasteiger partial charge >= 0.3 is 0 Å². The highest BCUT2D eigenvalue weighted by atomic mass is 16.2. The molecule has 7 heteroatoms. The first-order chi connectivity index (χ1) is 12.1. The van der Waals surface area contributed by atoms with Crippen LogP contribution in [0.5, 0.6) is 0 Å². The number of nitrogens with one attached hydrogen (secondary N) is 1. The van der Waals surface area contributed by atoms with Crippen LogP contribution in [0.1, 0.15) is 45.7 Å². The molecule has 0 radical (unpaired) electrons. The maximum Gasteiger partial charge on any atom is 0.269 e. The molecule has 0 saturated carbocycles. The monoisotopic (exact) mass is 341 g/mol. The van der Waals surface area contributed by atoms with Gasteiger partial charge in [0.15, 0.2) is 0 Å². The number of nitrogens with zero attached hydrogens (tertiary/aromatic N) is 4.